The molecule has 0 radical (unpaired) electrons. The number of hydrogen-bond donors (Lipinski definition) is 1. The highest BCUT2D eigenvalue weighted by Crippen LogP contribution is 2.26. The molecule has 30 heavy (non-hydrogen) atoms. The Morgan fingerprint density at radius 1 is 0.933 bits per heavy atom. The minimum absolute atomic E-state index is 0. The Hall–Kier alpha value is -1.43. The van der Waals surface area contributed by atoms with Crippen molar-refractivity contribution in [1.82, 2.24) is 5.32 Å². The highest BCUT2D eigenvalue weighted by molar-refractivity contribution is 9.10. The fourth-order valence-corrected chi connectivity index (χ4v) is 3.74. The van der Waals surface area contributed by atoms with E-state index in [0.717, 1.165) is 40.1 Å². The lowest BCUT2D eigenvalue weighted by molar-refractivity contribution is 0.302. The van der Waals surface area contributed by atoms with E-state index < -0.39 is 0 Å². The summed E-state index contributed by atoms with van der Waals surface area (Å²) < 4.78 is 12.2. The van der Waals surface area contributed by atoms with Gasteiger partial charge in [0.05, 0.1) is 7.11 Å². The molecule has 0 heterocycles. The lowest BCUT2D eigenvalue weighted by Crippen LogP contribution is -2.17. The van der Waals surface area contributed by atoms with Crippen LogP contribution in [0.15, 0.2) is 65.1 Å². The Morgan fingerprint density at radius 3 is 2.40 bits per heavy atom. The van der Waals surface area contributed by atoms with E-state index in [4.69, 9.17) is 32.7 Å². The highest BCUT2D eigenvalue weighted by Gasteiger charge is 2.08. The number of benzene rings is 3. The maximum atomic E-state index is 6.25. The molecule has 3 aromatic rings. The number of nitrogens with one attached hydrogen (secondary N) is 1. The van der Waals surface area contributed by atoms with Gasteiger partial charge in [-0.15, -0.1) is 12.4 Å². The van der Waals surface area contributed by atoms with Gasteiger partial charge in [-0.1, -0.05) is 57.3 Å². The maximum absolute atomic E-state index is 6.25. The first kappa shape index (κ1) is 24.8. The molecular weight excluding hydrogens is 509 g/mol. The molecule has 0 aliphatic carbocycles. The molecule has 3 aromatic carbocycles. The summed E-state index contributed by atoms with van der Waals surface area (Å²) >= 11 is 15.8. The molecule has 0 saturated heterocycles. The Balaban J connectivity index is 0.00000320. The molecule has 0 amide bonds. The predicted octanol–water partition coefficient (Wildman–Crippen LogP) is 7.10. The summed E-state index contributed by atoms with van der Waals surface area (Å²) in [5.74, 6) is 1.70. The lowest BCUT2D eigenvalue weighted by atomic mass is 10.1. The molecule has 0 aliphatic heterocycles. The van der Waals surface area contributed by atoms with Crippen LogP contribution in [-0.4, -0.2) is 13.7 Å². The molecular formula is C23H23BrCl3NO2. The molecule has 0 atom stereocenters. The van der Waals surface area contributed by atoms with E-state index in [1.807, 2.05) is 36.4 Å². The first-order valence-electron chi connectivity index (χ1n) is 9.24. The van der Waals surface area contributed by atoms with E-state index in [1.54, 1.807) is 13.2 Å². The third kappa shape index (κ3) is 7.36. The first-order valence-corrected chi connectivity index (χ1v) is 10.8. The zero-order valence-electron chi connectivity index (χ0n) is 16.5. The van der Waals surface area contributed by atoms with Crippen LogP contribution in [0, 0.1) is 0 Å². The van der Waals surface area contributed by atoms with Crippen molar-refractivity contribution in [3.05, 3.63) is 91.9 Å². The van der Waals surface area contributed by atoms with Gasteiger partial charge in [-0.3, -0.25) is 0 Å². The Labute approximate surface area is 202 Å². The number of rotatable bonds is 9. The zero-order chi connectivity index (χ0) is 20.6. The SMILES string of the molecule is COc1ccc(CCNCc2cc(Br)ccc2OCc2ccc(Cl)cc2Cl)cc1.Cl. The lowest BCUT2D eigenvalue weighted by Gasteiger charge is -2.14. The second-order valence-electron chi connectivity index (χ2n) is 6.55. The number of methoxy groups -OCH3 is 1. The second-order valence-corrected chi connectivity index (χ2v) is 8.31. The van der Waals surface area contributed by atoms with E-state index in [0.29, 0.717) is 23.2 Å². The van der Waals surface area contributed by atoms with E-state index in [2.05, 4.69) is 39.4 Å². The first-order chi connectivity index (χ1) is 14.0. The van der Waals surface area contributed by atoms with Crippen molar-refractivity contribution in [3.63, 3.8) is 0 Å². The summed E-state index contributed by atoms with van der Waals surface area (Å²) in [4.78, 5) is 0. The third-order valence-corrected chi connectivity index (χ3v) is 5.57. The van der Waals surface area contributed by atoms with Crippen LogP contribution in [0.2, 0.25) is 10.0 Å². The van der Waals surface area contributed by atoms with Crippen LogP contribution in [0.1, 0.15) is 16.7 Å². The Bertz CT molecular complexity index is 952. The van der Waals surface area contributed by atoms with Gasteiger partial charge in [0, 0.05) is 32.2 Å². The van der Waals surface area contributed by atoms with Crippen molar-refractivity contribution in [2.45, 2.75) is 19.6 Å². The summed E-state index contributed by atoms with van der Waals surface area (Å²) in [6.07, 6.45) is 0.939. The van der Waals surface area contributed by atoms with Crippen molar-refractivity contribution in [1.29, 1.82) is 0 Å². The highest BCUT2D eigenvalue weighted by atomic mass is 79.9. The number of hydrogen-bond acceptors (Lipinski definition) is 3. The topological polar surface area (TPSA) is 30.5 Å². The molecule has 0 saturated carbocycles. The van der Waals surface area contributed by atoms with Gasteiger partial charge in [-0.25, -0.2) is 0 Å². The van der Waals surface area contributed by atoms with Gasteiger partial charge in [0.1, 0.15) is 18.1 Å². The molecule has 1 N–H and O–H groups in total. The van der Waals surface area contributed by atoms with Crippen molar-refractivity contribution in [2.24, 2.45) is 0 Å². The standard InChI is InChI=1S/C23H22BrCl2NO2.ClH/c1-28-21-7-2-16(3-8-21)10-11-27-14-18-12-19(24)5-9-23(18)29-15-17-4-6-20(25)13-22(17)26;/h2-9,12-13,27H,10-11,14-15H2,1H3;1H. The van der Waals surface area contributed by atoms with Crippen molar-refractivity contribution in [3.8, 4) is 11.5 Å². The number of ether oxygens (including phenoxy) is 2. The molecule has 0 unspecified atom stereocenters. The fourth-order valence-electron chi connectivity index (χ4n) is 2.87. The normalized spacial score (nSPS) is 10.4. The molecule has 160 valence electrons. The van der Waals surface area contributed by atoms with Crippen molar-refractivity contribution in [2.75, 3.05) is 13.7 Å². The van der Waals surface area contributed by atoms with Crippen molar-refractivity contribution < 1.29 is 9.47 Å². The maximum Gasteiger partial charge on any atom is 0.124 e. The Morgan fingerprint density at radius 2 is 1.70 bits per heavy atom. The van der Waals surface area contributed by atoms with Gasteiger partial charge < -0.3 is 14.8 Å². The summed E-state index contributed by atoms with van der Waals surface area (Å²) in [6, 6.07) is 19.6. The molecule has 0 aliphatic rings. The van der Waals surface area contributed by atoms with Crippen LogP contribution in [0.5, 0.6) is 11.5 Å². The summed E-state index contributed by atoms with van der Waals surface area (Å²) in [7, 11) is 1.68. The van der Waals surface area contributed by atoms with E-state index in [1.165, 1.54) is 5.56 Å². The van der Waals surface area contributed by atoms with Crippen molar-refractivity contribution >= 4 is 51.5 Å². The molecule has 0 fully saturated rings. The minimum atomic E-state index is 0. The molecule has 3 nitrogen and oxygen atoms in total. The fraction of sp³-hybridized carbons (Fsp3) is 0.217. The molecule has 7 heteroatoms. The monoisotopic (exact) mass is 529 g/mol. The van der Waals surface area contributed by atoms with Gasteiger partial charge in [-0.05, 0) is 61.0 Å². The van der Waals surface area contributed by atoms with Crippen LogP contribution in [-0.2, 0) is 19.6 Å². The molecule has 0 bridgehead atoms. The molecule has 0 spiro atoms. The third-order valence-electron chi connectivity index (χ3n) is 4.49. The smallest absolute Gasteiger partial charge is 0.124 e. The summed E-state index contributed by atoms with van der Waals surface area (Å²) in [5, 5.41) is 4.71. The van der Waals surface area contributed by atoms with E-state index in [-0.39, 0.29) is 12.4 Å². The summed E-state index contributed by atoms with van der Waals surface area (Å²) in [6.45, 7) is 1.96. The quantitative estimate of drug-likeness (QED) is 0.299. The van der Waals surface area contributed by atoms with Crippen LogP contribution in [0.3, 0.4) is 0 Å². The molecule has 3 rings (SSSR count). The zero-order valence-corrected chi connectivity index (χ0v) is 20.4. The molecule has 0 aromatic heterocycles. The van der Waals surface area contributed by atoms with Gasteiger partial charge in [0.2, 0.25) is 0 Å². The predicted molar refractivity (Wildman–Crippen MR) is 131 cm³/mol. The van der Waals surface area contributed by atoms with Gasteiger partial charge >= 0.3 is 0 Å². The summed E-state index contributed by atoms with van der Waals surface area (Å²) in [5.41, 5.74) is 3.25. The van der Waals surface area contributed by atoms with Crippen LogP contribution < -0.4 is 14.8 Å². The van der Waals surface area contributed by atoms with Gasteiger partial charge in [-0.2, -0.15) is 0 Å². The van der Waals surface area contributed by atoms with Crippen LogP contribution in [0.25, 0.3) is 0 Å². The van der Waals surface area contributed by atoms with Crippen LogP contribution >= 0.6 is 51.5 Å². The average Bonchev–Trinajstić information content (AvgIpc) is 2.72. The second kappa shape index (κ2) is 12.4. The largest absolute Gasteiger partial charge is 0.497 e. The average molecular weight is 532 g/mol. The minimum Gasteiger partial charge on any atom is -0.497 e. The van der Waals surface area contributed by atoms with Crippen LogP contribution in [0.4, 0.5) is 0 Å². The number of halogens is 4. The van der Waals surface area contributed by atoms with E-state index >= 15 is 0 Å². The Kier molecular flexibility index (Phi) is 10.3. The van der Waals surface area contributed by atoms with Gasteiger partial charge in [0.15, 0.2) is 0 Å². The van der Waals surface area contributed by atoms with Gasteiger partial charge in [0.25, 0.3) is 0 Å². The van der Waals surface area contributed by atoms with E-state index in [9.17, 15) is 0 Å².